The monoisotopic (exact) mass is 1560 g/mol. The van der Waals surface area contributed by atoms with Gasteiger partial charge in [0.25, 0.3) is 17.7 Å². The van der Waals surface area contributed by atoms with Gasteiger partial charge in [0.15, 0.2) is 37.2 Å². The van der Waals surface area contributed by atoms with Crippen LogP contribution in [0.15, 0.2) is 0 Å². The molecule has 27 N–H and O–H groups in total. The van der Waals surface area contributed by atoms with E-state index in [0.29, 0.717) is 0 Å². The summed E-state index contributed by atoms with van der Waals surface area (Å²) in [4.78, 5) is 40.9. The summed E-state index contributed by atoms with van der Waals surface area (Å²) in [7, 11) is 0. The Morgan fingerprint density at radius 2 is 0.595 bits per heavy atom. The van der Waals surface area contributed by atoms with Crippen LogP contribution in [0.3, 0.4) is 0 Å². The van der Waals surface area contributed by atoms with Crippen LogP contribution < -0.4 is 16.0 Å². The van der Waals surface area contributed by atoms with E-state index in [0.717, 1.165) is 0 Å². The van der Waals surface area contributed by atoms with Gasteiger partial charge in [-0.3, -0.25) is 14.4 Å². The quantitative estimate of drug-likeness (QED) is 0.0318. The highest BCUT2D eigenvalue weighted by Gasteiger charge is 2.51. The van der Waals surface area contributed by atoms with Crippen LogP contribution in [-0.4, -0.2) is 345 Å². The third-order valence-electron chi connectivity index (χ3n) is 13.8. The van der Waals surface area contributed by atoms with Crippen molar-refractivity contribution in [2.24, 2.45) is 0 Å². The van der Waals surface area contributed by atoms with E-state index in [2.05, 4.69) is 16.0 Å². The normalized spacial score (nSPS) is 32.8. The molecule has 4 rings (SSSR count). The number of halogens is 3. The largest absolute Gasteiger partial charge is 0.394 e. The lowest BCUT2D eigenvalue weighted by Gasteiger charge is -2.42. The molecule has 3 fully saturated rings. The lowest BCUT2D eigenvalue weighted by atomic mass is 9.98. The molecular weight excluding hydrogens is 1490 g/mol. The van der Waals surface area contributed by atoms with E-state index in [1.54, 1.807) is 67.8 Å². The standard InChI is InChI=1S/C45H72I3N3O33/c46-19-10(1-49-40(76)31(70)28(67)37(13(58)4-52)82-43-34(73)25(64)22(61)16(7-55)79-43)20(47)12(3-51-42(78)33(72)30(69)39(15(60)6-54)84-45-36(75)27(66)24(63)18(9-57)81-45)21(48)11(19)2-50-41(77)32(71)29(68)38(14(59)5-53)83-44-35(74)26(65)23(62)17(8-56)80-44/h13-18,22-39,43-45,52-75H,1-9H2,(H,49,76)(H,50,77)(H,51,78)/t13-,14-,15-,16-,17-,18-,22+,23+,24+,25+,26+,27+,28-,29-,30-,31-,32-,33-,34-,35-,36-,37-,38-,39-,43+,44+,45+/m1/s1. The molecule has 3 heterocycles. The van der Waals surface area contributed by atoms with E-state index < -0.39 is 242 Å². The highest BCUT2D eigenvalue weighted by atomic mass is 127. The molecule has 3 saturated heterocycles. The van der Waals surface area contributed by atoms with Crippen LogP contribution in [-0.2, 0) is 62.4 Å². The van der Waals surface area contributed by atoms with Crippen LogP contribution in [0.2, 0.25) is 0 Å². The fourth-order valence-electron chi connectivity index (χ4n) is 8.66. The van der Waals surface area contributed by atoms with Crippen LogP contribution in [0, 0.1) is 10.7 Å². The number of hydrogen-bond acceptors (Lipinski definition) is 33. The second-order valence-corrected chi connectivity index (χ2v) is 22.7. The predicted octanol–water partition coefficient (Wildman–Crippen LogP) is -14.9. The van der Waals surface area contributed by atoms with Crippen molar-refractivity contribution in [3.63, 3.8) is 0 Å². The maximum atomic E-state index is 13.6. The molecule has 0 saturated carbocycles. The first-order valence-electron chi connectivity index (χ1n) is 25.2. The van der Waals surface area contributed by atoms with Gasteiger partial charge in [-0.05, 0) is 84.5 Å². The number of ether oxygens (including phenoxy) is 6. The fraction of sp³-hybridized carbons (Fsp3) is 0.800. The molecule has 0 spiro atoms. The van der Waals surface area contributed by atoms with Gasteiger partial charge >= 0.3 is 0 Å². The molecule has 0 bridgehead atoms. The van der Waals surface area contributed by atoms with E-state index >= 15 is 0 Å². The topological polar surface area (TPSA) is 628 Å². The minimum atomic E-state index is -2.59. The molecule has 0 aromatic heterocycles. The van der Waals surface area contributed by atoms with Crippen LogP contribution in [0.4, 0.5) is 0 Å². The summed E-state index contributed by atoms with van der Waals surface area (Å²) in [5.74, 6) is -4.30. The number of amides is 3. The van der Waals surface area contributed by atoms with E-state index in [-0.39, 0.29) is 27.4 Å². The second kappa shape index (κ2) is 34.2. The molecule has 1 aromatic carbocycles. The van der Waals surface area contributed by atoms with Gasteiger partial charge in [0.2, 0.25) is 0 Å². The molecule has 486 valence electrons. The average molecular weight is 1560 g/mol. The fourth-order valence-corrected chi connectivity index (χ4v) is 13.0. The van der Waals surface area contributed by atoms with Crippen molar-refractivity contribution >= 4 is 85.5 Å². The molecule has 3 aliphatic rings. The maximum Gasteiger partial charge on any atom is 0.251 e. The Morgan fingerprint density at radius 3 is 0.786 bits per heavy atom. The highest BCUT2D eigenvalue weighted by molar-refractivity contribution is 14.1. The van der Waals surface area contributed by atoms with Gasteiger partial charge in [0.05, 0.1) is 39.6 Å². The zero-order chi connectivity index (χ0) is 63.5. The first kappa shape index (κ1) is 75.1. The van der Waals surface area contributed by atoms with E-state index in [4.69, 9.17) is 28.4 Å². The number of aliphatic hydroxyl groups excluding tert-OH is 24. The molecular formula is C45H72I3N3O33. The maximum absolute atomic E-state index is 13.6. The van der Waals surface area contributed by atoms with Crippen molar-refractivity contribution in [1.29, 1.82) is 0 Å². The summed E-state index contributed by atoms with van der Waals surface area (Å²) in [6, 6.07) is 0. The minimum Gasteiger partial charge on any atom is -0.394 e. The Balaban J connectivity index is 1.66. The lowest BCUT2D eigenvalue weighted by molar-refractivity contribution is -0.326. The summed E-state index contributed by atoms with van der Waals surface area (Å²) in [6.45, 7) is -8.42. The van der Waals surface area contributed by atoms with Crippen molar-refractivity contribution in [3.05, 3.63) is 27.4 Å². The van der Waals surface area contributed by atoms with Crippen molar-refractivity contribution in [2.75, 3.05) is 39.6 Å². The van der Waals surface area contributed by atoms with Gasteiger partial charge in [0, 0.05) is 30.3 Å². The molecule has 1 aromatic rings. The van der Waals surface area contributed by atoms with Crippen LogP contribution >= 0.6 is 67.8 Å². The van der Waals surface area contributed by atoms with Gasteiger partial charge in [-0.15, -0.1) is 0 Å². The van der Waals surface area contributed by atoms with Gasteiger partial charge in [-0.1, -0.05) is 0 Å². The van der Waals surface area contributed by atoms with Crippen molar-refractivity contribution in [2.45, 2.75) is 185 Å². The first-order chi connectivity index (χ1) is 39.4. The van der Waals surface area contributed by atoms with Crippen molar-refractivity contribution in [3.8, 4) is 0 Å². The lowest BCUT2D eigenvalue weighted by Crippen LogP contribution is -2.62. The molecule has 3 amide bonds. The van der Waals surface area contributed by atoms with Crippen LogP contribution in [0.1, 0.15) is 16.7 Å². The smallest absolute Gasteiger partial charge is 0.251 e. The van der Waals surface area contributed by atoms with Gasteiger partial charge < -0.3 is 167 Å². The number of benzene rings is 1. The highest BCUT2D eigenvalue weighted by Crippen LogP contribution is 2.34. The number of nitrogens with one attached hydrogen (secondary N) is 3. The number of hydrogen-bond donors (Lipinski definition) is 27. The number of carbonyl (C=O) groups excluding carboxylic acids is 3. The number of carbonyl (C=O) groups is 3. The van der Waals surface area contributed by atoms with Crippen LogP contribution in [0.25, 0.3) is 0 Å². The van der Waals surface area contributed by atoms with Crippen LogP contribution in [0.5, 0.6) is 0 Å². The molecule has 84 heavy (non-hydrogen) atoms. The zero-order valence-electron chi connectivity index (χ0n) is 43.5. The summed E-state index contributed by atoms with van der Waals surface area (Å²) in [6.07, 6.45) is -57.3. The predicted molar refractivity (Wildman–Crippen MR) is 291 cm³/mol. The number of rotatable bonds is 30. The summed E-state index contributed by atoms with van der Waals surface area (Å²) < 4.78 is 32.2. The van der Waals surface area contributed by atoms with Crippen molar-refractivity contribution in [1.82, 2.24) is 16.0 Å². The summed E-state index contributed by atoms with van der Waals surface area (Å²) >= 11 is 5.18. The molecule has 3 aliphatic heterocycles. The SMILES string of the molecule is O=C(NCc1c(I)c(CNC(=O)[C@H](O)[C@@H](O)[C@H](O[C@@H]2O[C@H](CO)[C@H](O)[C@H](O)[C@H]2O)[C@H](O)CO)c(I)c(CNC(=O)[C@H](O)[C@@H](O)[C@H](O[C@@H]2O[C@H](CO)[C@H](O)[C@H](O)[C@H]2O)[C@H](O)CO)c1I)[C@H](O)[C@@H](O)[C@H](O[C@@H]1O[C@H](CO)[C@H](O)[C@H](O)[C@H]1O)[C@H](O)CO. The summed E-state index contributed by atoms with van der Waals surface area (Å²) in [5, 5.41) is 256. The average Bonchev–Trinajstić information content (AvgIpc) is 2.52. The number of aliphatic hydroxyl groups is 24. The van der Waals surface area contributed by atoms with Gasteiger partial charge in [0.1, 0.15) is 128 Å². The molecule has 0 unspecified atom stereocenters. The zero-order valence-corrected chi connectivity index (χ0v) is 50.0. The molecule has 0 aliphatic carbocycles. The second-order valence-electron chi connectivity index (χ2n) is 19.5. The molecule has 0 radical (unpaired) electrons. The van der Waals surface area contributed by atoms with E-state index in [1.807, 2.05) is 0 Å². The Morgan fingerprint density at radius 1 is 0.381 bits per heavy atom. The Labute approximate surface area is 515 Å². The van der Waals surface area contributed by atoms with Gasteiger partial charge in [-0.2, -0.15) is 0 Å². The van der Waals surface area contributed by atoms with Crippen molar-refractivity contribution < 1.29 is 165 Å². The third kappa shape index (κ3) is 17.8. The minimum absolute atomic E-state index is 0.0592. The summed E-state index contributed by atoms with van der Waals surface area (Å²) in [5.41, 5.74) is 0.178. The van der Waals surface area contributed by atoms with E-state index in [9.17, 15) is 137 Å². The third-order valence-corrected chi connectivity index (χ3v) is 17.7. The van der Waals surface area contributed by atoms with Gasteiger partial charge in [-0.25, -0.2) is 0 Å². The van der Waals surface area contributed by atoms with E-state index in [1.165, 1.54) is 0 Å². The Hall–Kier alpha value is -1.38. The molecule has 36 nitrogen and oxygen atoms in total. The molecule has 27 atom stereocenters. The first-order valence-corrected chi connectivity index (χ1v) is 28.5. The Bertz CT molecular complexity index is 2000. The Kier molecular flexibility index (Phi) is 30.5. The molecule has 39 heteroatoms.